The van der Waals surface area contributed by atoms with Gasteiger partial charge in [0.25, 0.3) is 0 Å². The van der Waals surface area contributed by atoms with E-state index in [-0.39, 0.29) is 12.1 Å². The molecule has 17 heavy (non-hydrogen) atoms. The van der Waals surface area contributed by atoms with Gasteiger partial charge in [-0.05, 0) is 6.92 Å². The van der Waals surface area contributed by atoms with Crippen LogP contribution in [-0.2, 0) is 14.3 Å². The molecule has 0 spiro atoms. The van der Waals surface area contributed by atoms with Gasteiger partial charge in [-0.1, -0.05) is 0 Å². The summed E-state index contributed by atoms with van der Waals surface area (Å²) in [5, 5.41) is 3.03. The Labute approximate surface area is 104 Å². The van der Waals surface area contributed by atoms with Crippen LogP contribution in [0.2, 0.25) is 0 Å². The van der Waals surface area contributed by atoms with Gasteiger partial charge in [0.1, 0.15) is 0 Å². The first-order valence-corrected chi connectivity index (χ1v) is 6.42. The molecule has 1 aliphatic heterocycles. The Morgan fingerprint density at radius 2 is 2.59 bits per heavy atom. The average molecular weight is 256 g/mol. The Bertz CT molecular complexity index is 394. The largest absolute Gasteiger partial charge is 0.469 e. The number of aromatic nitrogens is 1. The molecule has 1 aromatic heterocycles. The summed E-state index contributed by atoms with van der Waals surface area (Å²) in [7, 11) is 1.40. The Kier molecular flexibility index (Phi) is 3.96. The van der Waals surface area contributed by atoms with E-state index in [0.29, 0.717) is 19.6 Å². The predicted molar refractivity (Wildman–Crippen MR) is 65.4 cm³/mol. The van der Waals surface area contributed by atoms with E-state index in [9.17, 15) is 4.79 Å². The fraction of sp³-hybridized carbons (Fsp3) is 0.636. The summed E-state index contributed by atoms with van der Waals surface area (Å²) >= 11 is 1.63. The summed E-state index contributed by atoms with van der Waals surface area (Å²) < 4.78 is 10.2. The highest BCUT2D eigenvalue weighted by molar-refractivity contribution is 7.13. The maximum absolute atomic E-state index is 11.2. The minimum Gasteiger partial charge on any atom is -0.469 e. The fourth-order valence-electron chi connectivity index (χ4n) is 1.77. The molecule has 1 atom stereocenters. The van der Waals surface area contributed by atoms with E-state index in [4.69, 9.17) is 4.74 Å². The van der Waals surface area contributed by atoms with E-state index in [2.05, 4.69) is 14.6 Å². The second kappa shape index (κ2) is 5.46. The molecule has 6 heteroatoms. The lowest BCUT2D eigenvalue weighted by Gasteiger charge is -2.32. The van der Waals surface area contributed by atoms with Gasteiger partial charge in [0.2, 0.25) is 0 Å². The zero-order valence-corrected chi connectivity index (χ0v) is 10.8. The number of hydrogen-bond donors (Lipinski definition) is 0. The molecule has 94 valence electrons. The molecule has 0 bridgehead atoms. The Hall–Kier alpha value is -1.14. The number of hydrogen-bond acceptors (Lipinski definition) is 6. The van der Waals surface area contributed by atoms with Gasteiger partial charge in [0, 0.05) is 18.5 Å². The third-order valence-electron chi connectivity index (χ3n) is 2.64. The van der Waals surface area contributed by atoms with Crippen molar-refractivity contribution >= 4 is 22.4 Å². The van der Waals surface area contributed by atoms with Gasteiger partial charge in [-0.2, -0.15) is 0 Å². The molecular formula is C11H16N2O3S. The van der Waals surface area contributed by atoms with Crippen molar-refractivity contribution in [1.82, 2.24) is 4.98 Å². The van der Waals surface area contributed by atoms with Crippen LogP contribution >= 0.6 is 11.3 Å². The predicted octanol–water partition coefficient (Wildman–Crippen LogP) is 1.22. The lowest BCUT2D eigenvalue weighted by atomic mass is 10.2. The molecule has 0 aromatic carbocycles. The molecule has 1 unspecified atom stereocenters. The molecule has 0 N–H and O–H groups in total. The van der Waals surface area contributed by atoms with Crippen LogP contribution in [0.25, 0.3) is 0 Å². The van der Waals surface area contributed by atoms with Crippen LogP contribution in [0.15, 0.2) is 5.38 Å². The minimum absolute atomic E-state index is 0.0968. The number of morpholine rings is 1. The molecule has 1 aromatic rings. The van der Waals surface area contributed by atoms with E-state index < -0.39 is 0 Å². The zero-order valence-electron chi connectivity index (χ0n) is 10.0. The number of ether oxygens (including phenoxy) is 2. The highest BCUT2D eigenvalue weighted by Gasteiger charge is 2.24. The molecule has 1 aliphatic rings. The van der Waals surface area contributed by atoms with Crippen molar-refractivity contribution in [3.8, 4) is 0 Å². The highest BCUT2D eigenvalue weighted by Crippen LogP contribution is 2.23. The molecule has 2 heterocycles. The summed E-state index contributed by atoms with van der Waals surface area (Å²) in [4.78, 5) is 17.8. The Morgan fingerprint density at radius 3 is 3.24 bits per heavy atom. The van der Waals surface area contributed by atoms with Crippen molar-refractivity contribution in [2.45, 2.75) is 19.4 Å². The van der Waals surface area contributed by atoms with Crippen molar-refractivity contribution in [1.29, 1.82) is 0 Å². The van der Waals surface area contributed by atoms with Crippen LogP contribution in [0.1, 0.15) is 12.1 Å². The van der Waals surface area contributed by atoms with Gasteiger partial charge in [-0.15, -0.1) is 11.3 Å². The fourth-order valence-corrected chi connectivity index (χ4v) is 2.61. The van der Waals surface area contributed by atoms with Crippen molar-refractivity contribution < 1.29 is 14.3 Å². The molecule has 0 radical (unpaired) electrons. The summed E-state index contributed by atoms with van der Waals surface area (Å²) in [6, 6.07) is 0. The average Bonchev–Trinajstić information content (AvgIpc) is 2.76. The third kappa shape index (κ3) is 3.17. The molecule has 0 saturated carbocycles. The number of rotatable bonds is 3. The summed E-state index contributed by atoms with van der Waals surface area (Å²) in [5.74, 6) is -0.229. The quantitative estimate of drug-likeness (QED) is 0.761. The van der Waals surface area contributed by atoms with Gasteiger partial charge in [0.15, 0.2) is 5.13 Å². The van der Waals surface area contributed by atoms with Crippen LogP contribution in [0.5, 0.6) is 0 Å². The van der Waals surface area contributed by atoms with E-state index in [1.165, 1.54) is 7.11 Å². The molecule has 2 rings (SSSR count). The number of esters is 1. The highest BCUT2D eigenvalue weighted by atomic mass is 32.1. The van der Waals surface area contributed by atoms with Crippen molar-refractivity contribution in [3.63, 3.8) is 0 Å². The molecule has 0 amide bonds. The monoisotopic (exact) mass is 256 g/mol. The topological polar surface area (TPSA) is 51.7 Å². The van der Waals surface area contributed by atoms with E-state index >= 15 is 0 Å². The van der Waals surface area contributed by atoms with Gasteiger partial charge in [-0.25, -0.2) is 4.98 Å². The number of methoxy groups -OCH3 is 1. The van der Waals surface area contributed by atoms with Crippen molar-refractivity contribution in [3.05, 3.63) is 11.1 Å². The van der Waals surface area contributed by atoms with Gasteiger partial charge in [-0.3, -0.25) is 4.79 Å². The van der Waals surface area contributed by atoms with Crippen LogP contribution in [0, 0.1) is 6.92 Å². The Balaban J connectivity index is 1.95. The zero-order chi connectivity index (χ0) is 12.3. The number of thiazole rings is 1. The smallest absolute Gasteiger partial charge is 0.308 e. The first-order valence-electron chi connectivity index (χ1n) is 5.54. The number of carbonyl (C=O) groups is 1. The van der Waals surface area contributed by atoms with Crippen LogP contribution in [-0.4, -0.2) is 43.9 Å². The first-order chi connectivity index (χ1) is 8.19. The molecular weight excluding hydrogens is 240 g/mol. The molecule has 1 saturated heterocycles. The second-order valence-corrected chi connectivity index (χ2v) is 4.83. The minimum atomic E-state index is -0.229. The molecule has 5 nitrogen and oxygen atoms in total. The van der Waals surface area contributed by atoms with Gasteiger partial charge < -0.3 is 14.4 Å². The van der Waals surface area contributed by atoms with Crippen LogP contribution in [0.3, 0.4) is 0 Å². The van der Waals surface area contributed by atoms with Gasteiger partial charge >= 0.3 is 5.97 Å². The SMILES string of the molecule is COC(=O)CC1CN(c2nc(C)cs2)CCO1. The van der Waals surface area contributed by atoms with Crippen molar-refractivity contribution in [2.75, 3.05) is 31.7 Å². The lowest BCUT2D eigenvalue weighted by Crippen LogP contribution is -2.43. The number of carbonyl (C=O) groups excluding carboxylic acids is 1. The van der Waals surface area contributed by atoms with Gasteiger partial charge in [0.05, 0.1) is 31.9 Å². The van der Waals surface area contributed by atoms with E-state index in [1.54, 1.807) is 11.3 Å². The third-order valence-corrected chi connectivity index (χ3v) is 3.66. The number of aryl methyl sites for hydroxylation is 1. The normalized spacial score (nSPS) is 20.4. The maximum atomic E-state index is 11.2. The van der Waals surface area contributed by atoms with Crippen molar-refractivity contribution in [2.24, 2.45) is 0 Å². The maximum Gasteiger partial charge on any atom is 0.308 e. The Morgan fingerprint density at radius 1 is 1.76 bits per heavy atom. The lowest BCUT2D eigenvalue weighted by molar-refractivity contribution is -0.144. The standard InChI is InChI=1S/C11H16N2O3S/c1-8-7-17-11(12-8)13-3-4-16-9(6-13)5-10(14)15-2/h7,9H,3-6H2,1-2H3. The number of nitrogens with zero attached hydrogens (tertiary/aromatic N) is 2. The summed E-state index contributed by atoms with van der Waals surface area (Å²) in [6.07, 6.45) is 0.206. The van der Waals surface area contributed by atoms with Crippen LogP contribution in [0.4, 0.5) is 5.13 Å². The first kappa shape index (κ1) is 12.3. The molecule has 1 fully saturated rings. The summed E-state index contributed by atoms with van der Waals surface area (Å²) in [5.41, 5.74) is 1.03. The van der Waals surface area contributed by atoms with E-state index in [1.807, 2.05) is 12.3 Å². The van der Waals surface area contributed by atoms with E-state index in [0.717, 1.165) is 17.4 Å². The molecule has 0 aliphatic carbocycles. The summed E-state index contributed by atoms with van der Waals surface area (Å²) in [6.45, 7) is 4.12. The number of anilines is 1. The van der Waals surface area contributed by atoms with Crippen LogP contribution < -0.4 is 4.90 Å². The second-order valence-electron chi connectivity index (χ2n) is 3.99.